The van der Waals surface area contributed by atoms with Crippen molar-refractivity contribution < 1.29 is 0 Å². The molecule has 0 aliphatic carbocycles. The van der Waals surface area contributed by atoms with Crippen molar-refractivity contribution >= 4 is 23.2 Å². The highest BCUT2D eigenvalue weighted by Crippen LogP contribution is 2.26. The van der Waals surface area contributed by atoms with E-state index in [1.165, 1.54) is 6.33 Å². The zero-order valence-corrected chi connectivity index (χ0v) is 11.7. The van der Waals surface area contributed by atoms with Crippen molar-refractivity contribution in [2.75, 3.05) is 0 Å². The minimum Gasteiger partial charge on any atom is -0.303 e. The van der Waals surface area contributed by atoms with E-state index in [4.69, 9.17) is 23.2 Å². The molecular formula is C12H14Cl2N4. The summed E-state index contributed by atoms with van der Waals surface area (Å²) in [4.78, 5) is 4.15. The minimum atomic E-state index is 0.117. The largest absolute Gasteiger partial charge is 0.303 e. The first-order valence-electron chi connectivity index (χ1n) is 5.59. The average molecular weight is 285 g/mol. The summed E-state index contributed by atoms with van der Waals surface area (Å²) in [5.74, 6) is 0.881. The standard InChI is InChI=1S/C12H14Cl2N4/c1-8(10-4-3-9(13)5-11(10)14)15-6-12-16-7-17-18(12)2/h3-5,7-8,15H,6H2,1-2H3/t8-/m0/s1. The molecule has 0 spiro atoms. The number of nitrogens with one attached hydrogen (secondary N) is 1. The first kappa shape index (κ1) is 13.3. The molecule has 96 valence electrons. The maximum Gasteiger partial charge on any atom is 0.140 e. The van der Waals surface area contributed by atoms with Crippen LogP contribution in [0.2, 0.25) is 10.0 Å². The summed E-state index contributed by atoms with van der Waals surface area (Å²) >= 11 is 12.0. The first-order valence-corrected chi connectivity index (χ1v) is 6.34. The van der Waals surface area contributed by atoms with Gasteiger partial charge in [-0.3, -0.25) is 4.68 Å². The van der Waals surface area contributed by atoms with Crippen molar-refractivity contribution in [3.8, 4) is 0 Å². The number of nitrogens with zero attached hydrogens (tertiary/aromatic N) is 3. The first-order chi connectivity index (χ1) is 8.58. The Bertz CT molecular complexity index is 539. The molecule has 4 nitrogen and oxygen atoms in total. The van der Waals surface area contributed by atoms with Crippen molar-refractivity contribution in [1.82, 2.24) is 20.1 Å². The van der Waals surface area contributed by atoms with E-state index in [-0.39, 0.29) is 6.04 Å². The van der Waals surface area contributed by atoms with E-state index < -0.39 is 0 Å². The zero-order chi connectivity index (χ0) is 13.1. The van der Waals surface area contributed by atoms with Crippen LogP contribution in [-0.4, -0.2) is 14.8 Å². The summed E-state index contributed by atoms with van der Waals surface area (Å²) < 4.78 is 1.74. The number of benzene rings is 1. The molecule has 2 aromatic rings. The predicted molar refractivity (Wildman–Crippen MR) is 72.7 cm³/mol. The van der Waals surface area contributed by atoms with Crippen LogP contribution in [0.25, 0.3) is 0 Å². The van der Waals surface area contributed by atoms with E-state index in [0.717, 1.165) is 11.4 Å². The van der Waals surface area contributed by atoms with Crippen LogP contribution >= 0.6 is 23.2 Å². The highest BCUT2D eigenvalue weighted by atomic mass is 35.5. The molecule has 0 saturated carbocycles. The number of aryl methyl sites for hydroxylation is 1. The fraction of sp³-hybridized carbons (Fsp3) is 0.333. The van der Waals surface area contributed by atoms with Gasteiger partial charge in [0.25, 0.3) is 0 Å². The van der Waals surface area contributed by atoms with Gasteiger partial charge in [-0.05, 0) is 24.6 Å². The maximum absolute atomic E-state index is 6.16. The molecule has 1 heterocycles. The van der Waals surface area contributed by atoms with E-state index in [1.54, 1.807) is 10.7 Å². The van der Waals surface area contributed by atoms with Gasteiger partial charge >= 0.3 is 0 Å². The van der Waals surface area contributed by atoms with E-state index >= 15 is 0 Å². The summed E-state index contributed by atoms with van der Waals surface area (Å²) in [6.45, 7) is 2.68. The van der Waals surface area contributed by atoms with Crippen LogP contribution in [0.5, 0.6) is 0 Å². The average Bonchev–Trinajstić information content (AvgIpc) is 2.72. The summed E-state index contributed by atoms with van der Waals surface area (Å²) in [6, 6.07) is 5.63. The Morgan fingerprint density at radius 1 is 1.39 bits per heavy atom. The SMILES string of the molecule is C[C@H](NCc1ncnn1C)c1ccc(Cl)cc1Cl. The third-order valence-electron chi connectivity index (χ3n) is 2.80. The highest BCUT2D eigenvalue weighted by Gasteiger charge is 2.10. The lowest BCUT2D eigenvalue weighted by Gasteiger charge is -2.15. The summed E-state index contributed by atoms with van der Waals surface area (Å²) in [5, 5.41) is 8.68. The lowest BCUT2D eigenvalue weighted by molar-refractivity contribution is 0.540. The maximum atomic E-state index is 6.16. The summed E-state index contributed by atoms with van der Waals surface area (Å²) in [5.41, 5.74) is 1.02. The van der Waals surface area contributed by atoms with Crippen LogP contribution in [-0.2, 0) is 13.6 Å². The molecule has 0 fully saturated rings. The number of hydrogen-bond acceptors (Lipinski definition) is 3. The molecule has 0 radical (unpaired) electrons. The van der Waals surface area contributed by atoms with E-state index in [0.29, 0.717) is 16.6 Å². The molecule has 2 rings (SSSR count). The van der Waals surface area contributed by atoms with Crippen LogP contribution in [0.4, 0.5) is 0 Å². The second-order valence-electron chi connectivity index (χ2n) is 4.07. The smallest absolute Gasteiger partial charge is 0.140 e. The predicted octanol–water partition coefficient (Wildman–Crippen LogP) is 2.97. The van der Waals surface area contributed by atoms with Gasteiger partial charge in [0, 0.05) is 23.1 Å². The van der Waals surface area contributed by atoms with Crippen LogP contribution < -0.4 is 5.32 Å². The Morgan fingerprint density at radius 3 is 2.78 bits per heavy atom. The lowest BCUT2D eigenvalue weighted by atomic mass is 10.1. The molecule has 0 bridgehead atoms. The Labute approximate surface area is 116 Å². The Morgan fingerprint density at radius 2 is 2.17 bits per heavy atom. The molecule has 1 aromatic heterocycles. The van der Waals surface area contributed by atoms with Gasteiger partial charge < -0.3 is 5.32 Å². The number of rotatable bonds is 4. The molecule has 0 aliphatic heterocycles. The van der Waals surface area contributed by atoms with Gasteiger partial charge in [-0.15, -0.1) is 0 Å². The van der Waals surface area contributed by atoms with Crippen LogP contribution in [0, 0.1) is 0 Å². The molecule has 0 amide bonds. The minimum absolute atomic E-state index is 0.117. The zero-order valence-electron chi connectivity index (χ0n) is 10.2. The van der Waals surface area contributed by atoms with Crippen molar-refractivity contribution in [2.24, 2.45) is 7.05 Å². The van der Waals surface area contributed by atoms with E-state index in [1.807, 2.05) is 26.1 Å². The van der Waals surface area contributed by atoms with Crippen LogP contribution in [0.1, 0.15) is 24.4 Å². The second-order valence-corrected chi connectivity index (χ2v) is 4.91. The van der Waals surface area contributed by atoms with Gasteiger partial charge in [0.1, 0.15) is 12.2 Å². The van der Waals surface area contributed by atoms with Gasteiger partial charge in [0.05, 0.1) is 6.54 Å². The molecule has 0 unspecified atom stereocenters. The van der Waals surface area contributed by atoms with E-state index in [2.05, 4.69) is 15.4 Å². The molecule has 1 aromatic carbocycles. The number of halogens is 2. The lowest BCUT2D eigenvalue weighted by Crippen LogP contribution is -2.20. The Balaban J connectivity index is 2.03. The summed E-state index contributed by atoms with van der Waals surface area (Å²) in [6.07, 6.45) is 1.54. The number of aromatic nitrogens is 3. The van der Waals surface area contributed by atoms with Gasteiger partial charge in [-0.1, -0.05) is 29.3 Å². The number of hydrogen-bond donors (Lipinski definition) is 1. The quantitative estimate of drug-likeness (QED) is 0.939. The van der Waals surface area contributed by atoms with Crippen LogP contribution in [0.15, 0.2) is 24.5 Å². The molecule has 1 N–H and O–H groups in total. The third-order valence-corrected chi connectivity index (χ3v) is 3.36. The molecule has 18 heavy (non-hydrogen) atoms. The molecular weight excluding hydrogens is 271 g/mol. The van der Waals surface area contributed by atoms with E-state index in [9.17, 15) is 0 Å². The third kappa shape index (κ3) is 3.02. The fourth-order valence-corrected chi connectivity index (χ4v) is 2.26. The monoisotopic (exact) mass is 284 g/mol. The van der Waals surface area contributed by atoms with Gasteiger partial charge in [-0.25, -0.2) is 4.98 Å². The fourth-order valence-electron chi connectivity index (χ4n) is 1.69. The van der Waals surface area contributed by atoms with Gasteiger partial charge in [-0.2, -0.15) is 5.10 Å². The molecule has 1 atom stereocenters. The van der Waals surface area contributed by atoms with Gasteiger partial charge in [0.2, 0.25) is 0 Å². The van der Waals surface area contributed by atoms with Crippen molar-refractivity contribution in [3.63, 3.8) is 0 Å². The highest BCUT2D eigenvalue weighted by molar-refractivity contribution is 6.35. The van der Waals surface area contributed by atoms with Crippen molar-refractivity contribution in [1.29, 1.82) is 0 Å². The topological polar surface area (TPSA) is 42.7 Å². The van der Waals surface area contributed by atoms with Crippen LogP contribution in [0.3, 0.4) is 0 Å². The summed E-state index contributed by atoms with van der Waals surface area (Å²) in [7, 11) is 1.87. The molecule has 6 heteroatoms. The second kappa shape index (κ2) is 5.69. The van der Waals surface area contributed by atoms with Crippen molar-refractivity contribution in [2.45, 2.75) is 19.5 Å². The Kier molecular flexibility index (Phi) is 4.22. The molecule has 0 aliphatic rings. The molecule has 0 saturated heterocycles. The normalized spacial score (nSPS) is 12.7. The Hall–Kier alpha value is -1.10. The van der Waals surface area contributed by atoms with Gasteiger partial charge in [0.15, 0.2) is 0 Å². The van der Waals surface area contributed by atoms with Crippen molar-refractivity contribution in [3.05, 3.63) is 46.0 Å².